The predicted octanol–water partition coefficient (Wildman–Crippen LogP) is 7.43. The minimum atomic E-state index is -9.94. The van der Waals surface area contributed by atoms with Crippen molar-refractivity contribution in [1.82, 2.24) is 9.97 Å². The normalized spacial score (nSPS) is 13.8. The summed E-state index contributed by atoms with van der Waals surface area (Å²) in [5, 5.41) is 0.486. The number of aromatic nitrogens is 2. The van der Waals surface area contributed by atoms with Crippen molar-refractivity contribution in [2.24, 2.45) is 0 Å². The van der Waals surface area contributed by atoms with Gasteiger partial charge in [0.25, 0.3) is 5.91 Å². The van der Waals surface area contributed by atoms with Crippen molar-refractivity contribution in [2.75, 3.05) is 17.2 Å². The molecule has 12 heteroatoms. The number of nitrogens with zero attached hydrogens (tertiary/aromatic N) is 3. The van der Waals surface area contributed by atoms with Crippen LogP contribution in [0.5, 0.6) is 0 Å². The highest BCUT2D eigenvalue weighted by molar-refractivity contribution is 8.45. The molecule has 0 saturated heterocycles. The average Bonchev–Trinajstić information content (AvgIpc) is 3.12. The van der Waals surface area contributed by atoms with E-state index >= 15 is 0 Å². The van der Waals surface area contributed by atoms with Crippen molar-refractivity contribution in [3.63, 3.8) is 0 Å². The second-order valence-corrected chi connectivity index (χ2v) is 10.7. The van der Waals surface area contributed by atoms with Crippen molar-refractivity contribution in [3.05, 3.63) is 78.5 Å². The van der Waals surface area contributed by atoms with Crippen LogP contribution in [0.2, 0.25) is 0 Å². The Morgan fingerprint density at radius 2 is 1.88 bits per heavy atom. The Labute approximate surface area is 195 Å². The molecule has 0 unspecified atom stereocenters. The van der Waals surface area contributed by atoms with Crippen molar-refractivity contribution in [3.8, 4) is 11.3 Å². The standard InChI is InChI=1S/C22H17F5N4OS2/c1-2-11-31(15-6-3-7-16(12-15)34(23,24,25,26)27)22(32)20-19(28)17-8-9-18(30-21(17)33-20)14-5-4-10-29-13-14/h2-10,12-13H,1,11,28H2. The lowest BCUT2D eigenvalue weighted by Gasteiger charge is -2.41. The number of nitrogen functional groups attached to an aromatic ring is 1. The van der Waals surface area contributed by atoms with E-state index in [4.69, 9.17) is 5.73 Å². The fourth-order valence-electron chi connectivity index (χ4n) is 3.28. The molecule has 0 saturated carbocycles. The molecule has 4 rings (SSSR count). The zero-order valence-electron chi connectivity index (χ0n) is 17.3. The van der Waals surface area contributed by atoms with Gasteiger partial charge in [-0.15, -0.1) is 17.9 Å². The molecule has 4 aromatic rings. The van der Waals surface area contributed by atoms with Crippen LogP contribution >= 0.6 is 21.6 Å². The van der Waals surface area contributed by atoms with E-state index < -0.39 is 21.0 Å². The SMILES string of the molecule is C=CCN(C(=O)c1sc2nc(-c3cccnc3)ccc2c1N)c1cccc(S(F)(F)(F)(F)F)c1. The van der Waals surface area contributed by atoms with Crippen molar-refractivity contribution in [2.45, 2.75) is 4.90 Å². The van der Waals surface area contributed by atoms with Gasteiger partial charge in [0.05, 0.1) is 11.4 Å². The molecule has 178 valence electrons. The summed E-state index contributed by atoms with van der Waals surface area (Å²) in [5.41, 5.74) is 7.23. The number of amides is 1. The van der Waals surface area contributed by atoms with Crippen LogP contribution in [0, 0.1) is 0 Å². The number of anilines is 2. The number of pyridine rings is 2. The third kappa shape index (κ3) is 4.59. The molecule has 0 aliphatic heterocycles. The number of carbonyl (C=O) groups excluding carboxylic acids is 1. The molecule has 0 aliphatic carbocycles. The van der Waals surface area contributed by atoms with E-state index in [0.717, 1.165) is 33.9 Å². The highest BCUT2D eigenvalue weighted by atomic mass is 32.5. The zero-order chi connectivity index (χ0) is 24.8. The Bertz CT molecular complexity index is 1420. The van der Waals surface area contributed by atoms with Gasteiger partial charge in [0, 0.05) is 35.6 Å². The quantitative estimate of drug-likeness (QED) is 0.215. The molecule has 1 aromatic carbocycles. The number of hydrogen-bond acceptors (Lipinski definition) is 5. The molecule has 0 fully saturated rings. The zero-order valence-corrected chi connectivity index (χ0v) is 18.9. The maximum absolute atomic E-state index is 13.3. The molecule has 0 radical (unpaired) electrons. The second kappa shape index (κ2) is 7.50. The Balaban J connectivity index is 1.78. The largest absolute Gasteiger partial charge is 0.397 e. The summed E-state index contributed by atoms with van der Waals surface area (Å²) in [5.74, 6) is -0.761. The molecule has 0 spiro atoms. The molecule has 0 atom stereocenters. The van der Waals surface area contributed by atoms with Gasteiger partial charge in [-0.25, -0.2) is 4.98 Å². The van der Waals surface area contributed by atoms with Crippen LogP contribution in [0.25, 0.3) is 21.5 Å². The van der Waals surface area contributed by atoms with E-state index in [-0.39, 0.29) is 34.9 Å². The number of thiophene rings is 1. The van der Waals surface area contributed by atoms with Gasteiger partial charge in [0.15, 0.2) is 0 Å². The minimum absolute atomic E-state index is 0.0189. The van der Waals surface area contributed by atoms with Crippen LogP contribution in [-0.2, 0) is 0 Å². The Kier molecular flexibility index (Phi) is 5.22. The number of hydrogen-bond donors (Lipinski definition) is 1. The summed E-state index contributed by atoms with van der Waals surface area (Å²) >= 11 is 0.953. The monoisotopic (exact) mass is 512 g/mol. The number of halogens is 5. The summed E-state index contributed by atoms with van der Waals surface area (Å²) in [6, 6.07) is 9.42. The van der Waals surface area contributed by atoms with E-state index in [1.807, 2.05) is 6.07 Å². The average molecular weight is 513 g/mol. The van der Waals surface area contributed by atoms with Crippen LogP contribution in [0.4, 0.5) is 30.8 Å². The van der Waals surface area contributed by atoms with E-state index in [2.05, 4.69) is 16.5 Å². The number of rotatable bonds is 6. The third-order valence-electron chi connectivity index (χ3n) is 4.88. The molecular formula is C22H17F5N4OS2. The lowest BCUT2D eigenvalue weighted by molar-refractivity contribution is 0.0994. The molecule has 3 aromatic heterocycles. The molecule has 34 heavy (non-hydrogen) atoms. The molecular weight excluding hydrogens is 495 g/mol. The second-order valence-electron chi connectivity index (χ2n) is 7.31. The van der Waals surface area contributed by atoms with E-state index in [9.17, 15) is 24.2 Å². The fraction of sp³-hybridized carbons (Fsp3) is 0.0455. The Hall–Kier alpha value is -3.51. The Morgan fingerprint density at radius 1 is 1.12 bits per heavy atom. The van der Waals surface area contributed by atoms with Crippen LogP contribution in [-0.4, -0.2) is 22.4 Å². The van der Waals surface area contributed by atoms with Crippen LogP contribution in [0.15, 0.2) is 78.5 Å². The van der Waals surface area contributed by atoms with Gasteiger partial charge in [-0.3, -0.25) is 9.78 Å². The van der Waals surface area contributed by atoms with Crippen LogP contribution in [0.3, 0.4) is 0 Å². The van der Waals surface area contributed by atoms with Crippen molar-refractivity contribution >= 4 is 49.1 Å². The summed E-state index contributed by atoms with van der Waals surface area (Å²) < 4.78 is 66.6. The van der Waals surface area contributed by atoms with Crippen LogP contribution < -0.4 is 10.6 Å². The topological polar surface area (TPSA) is 72.1 Å². The number of carbonyl (C=O) groups is 1. The smallest absolute Gasteiger partial charge is 0.310 e. The number of nitrogens with two attached hydrogens (primary N) is 1. The van der Waals surface area contributed by atoms with Crippen LogP contribution in [0.1, 0.15) is 9.67 Å². The lowest BCUT2D eigenvalue weighted by atomic mass is 10.1. The maximum atomic E-state index is 13.3. The highest BCUT2D eigenvalue weighted by Gasteiger charge is 2.65. The van der Waals surface area contributed by atoms with Crippen molar-refractivity contribution < 1.29 is 24.2 Å². The lowest BCUT2D eigenvalue weighted by Crippen LogP contribution is -2.31. The molecule has 0 aliphatic rings. The first kappa shape index (κ1) is 23.6. The van der Waals surface area contributed by atoms with E-state index in [1.165, 1.54) is 6.08 Å². The number of fused-ring (bicyclic) bond motifs is 1. The molecule has 1 amide bonds. The molecule has 0 bridgehead atoms. The van der Waals surface area contributed by atoms with E-state index in [0.29, 0.717) is 15.9 Å². The minimum Gasteiger partial charge on any atom is -0.397 e. The van der Waals surface area contributed by atoms with E-state index in [1.54, 1.807) is 30.6 Å². The van der Waals surface area contributed by atoms with Gasteiger partial charge in [0.2, 0.25) is 0 Å². The molecule has 5 nitrogen and oxygen atoms in total. The van der Waals surface area contributed by atoms with Gasteiger partial charge >= 0.3 is 10.2 Å². The van der Waals surface area contributed by atoms with Crippen molar-refractivity contribution in [1.29, 1.82) is 0 Å². The third-order valence-corrected chi connectivity index (χ3v) is 7.12. The maximum Gasteiger partial charge on any atom is 0.310 e. The highest BCUT2D eigenvalue weighted by Crippen LogP contribution is 3.02. The van der Waals surface area contributed by atoms with Gasteiger partial charge in [-0.2, -0.15) is 0 Å². The van der Waals surface area contributed by atoms with Gasteiger partial charge in [-0.1, -0.05) is 31.6 Å². The summed E-state index contributed by atoms with van der Waals surface area (Å²) in [4.78, 5) is 21.1. The summed E-state index contributed by atoms with van der Waals surface area (Å²) in [7, 11) is -9.94. The first-order chi connectivity index (χ1) is 15.8. The molecule has 2 N–H and O–H groups in total. The Morgan fingerprint density at radius 3 is 2.53 bits per heavy atom. The summed E-state index contributed by atoms with van der Waals surface area (Å²) in [6.45, 7) is 3.28. The van der Waals surface area contributed by atoms with Gasteiger partial charge in [0.1, 0.15) is 14.6 Å². The summed E-state index contributed by atoms with van der Waals surface area (Å²) in [6.07, 6.45) is 4.50. The number of benzene rings is 1. The first-order valence-electron chi connectivity index (χ1n) is 9.65. The molecule has 3 heterocycles. The first-order valence-corrected chi connectivity index (χ1v) is 12.4. The van der Waals surface area contributed by atoms with Gasteiger partial charge < -0.3 is 10.6 Å². The fourth-order valence-corrected chi connectivity index (χ4v) is 5.00. The van der Waals surface area contributed by atoms with Gasteiger partial charge in [-0.05, 0) is 42.5 Å². The predicted molar refractivity (Wildman–Crippen MR) is 127 cm³/mol.